The van der Waals surface area contributed by atoms with Crippen molar-refractivity contribution in [2.75, 3.05) is 13.4 Å². The Morgan fingerprint density at radius 1 is 1.07 bits per heavy atom. The molecule has 0 unspecified atom stereocenters. The fraction of sp³-hybridized carbons (Fsp3) is 0.381. The van der Waals surface area contributed by atoms with E-state index in [2.05, 4.69) is 22.2 Å². The number of sulfonamides is 1. The highest BCUT2D eigenvalue weighted by molar-refractivity contribution is 7.88. The van der Waals surface area contributed by atoms with Crippen LogP contribution in [-0.4, -0.2) is 33.7 Å². The highest BCUT2D eigenvalue weighted by atomic mass is 32.2. The van der Waals surface area contributed by atoms with Crippen LogP contribution < -0.4 is 14.8 Å². The van der Waals surface area contributed by atoms with Gasteiger partial charge in [-0.1, -0.05) is 42.5 Å². The molecule has 2 aromatic carbocycles. The van der Waals surface area contributed by atoms with Crippen LogP contribution in [0.2, 0.25) is 0 Å². The molecule has 0 radical (unpaired) electrons. The molecule has 0 aromatic heterocycles. The van der Waals surface area contributed by atoms with Crippen molar-refractivity contribution in [3.8, 4) is 5.75 Å². The summed E-state index contributed by atoms with van der Waals surface area (Å²) in [6.07, 6.45) is 2.78. The van der Waals surface area contributed by atoms with E-state index in [1.54, 1.807) is 31.4 Å². The van der Waals surface area contributed by atoms with E-state index >= 15 is 0 Å². The van der Waals surface area contributed by atoms with Crippen molar-refractivity contribution in [3.05, 3.63) is 65.7 Å². The molecule has 1 amide bonds. The van der Waals surface area contributed by atoms with Crippen molar-refractivity contribution in [1.82, 2.24) is 10.0 Å². The molecule has 0 saturated carbocycles. The van der Waals surface area contributed by atoms with Gasteiger partial charge in [-0.15, -0.1) is 0 Å². The summed E-state index contributed by atoms with van der Waals surface area (Å²) >= 11 is 0. The molecule has 0 aliphatic rings. The first-order chi connectivity index (χ1) is 13.3. The third-order valence-electron chi connectivity index (χ3n) is 4.38. The summed E-state index contributed by atoms with van der Waals surface area (Å²) < 4.78 is 31.1. The van der Waals surface area contributed by atoms with Crippen LogP contribution in [0.15, 0.2) is 54.6 Å². The van der Waals surface area contributed by atoms with Crippen LogP contribution >= 0.6 is 0 Å². The number of rotatable bonds is 10. The fourth-order valence-electron chi connectivity index (χ4n) is 2.94. The topological polar surface area (TPSA) is 84.5 Å². The Morgan fingerprint density at radius 3 is 2.29 bits per heavy atom. The first-order valence-electron chi connectivity index (χ1n) is 9.21. The Bertz CT molecular complexity index is 852. The maximum absolute atomic E-state index is 12.5. The molecule has 0 heterocycles. The van der Waals surface area contributed by atoms with Gasteiger partial charge in [0.05, 0.1) is 19.4 Å². The Balaban J connectivity index is 1.96. The lowest BCUT2D eigenvalue weighted by molar-refractivity contribution is -0.122. The van der Waals surface area contributed by atoms with Crippen LogP contribution in [0.5, 0.6) is 5.75 Å². The second-order valence-electron chi connectivity index (χ2n) is 6.91. The van der Waals surface area contributed by atoms with Crippen molar-refractivity contribution in [2.45, 2.75) is 38.3 Å². The highest BCUT2D eigenvalue weighted by Crippen LogP contribution is 2.21. The molecule has 28 heavy (non-hydrogen) atoms. The molecule has 0 spiro atoms. The predicted octanol–water partition coefficient (Wildman–Crippen LogP) is 2.81. The lowest BCUT2D eigenvalue weighted by atomic mass is 10.0. The van der Waals surface area contributed by atoms with Crippen LogP contribution in [0.4, 0.5) is 0 Å². The van der Waals surface area contributed by atoms with E-state index in [0.717, 1.165) is 19.1 Å². The second kappa shape index (κ2) is 10.2. The zero-order chi connectivity index (χ0) is 20.6. The molecule has 6 nitrogen and oxygen atoms in total. The Labute approximate surface area is 167 Å². The van der Waals surface area contributed by atoms with Gasteiger partial charge >= 0.3 is 0 Å². The van der Waals surface area contributed by atoms with Crippen molar-refractivity contribution in [2.24, 2.45) is 0 Å². The average molecular weight is 405 g/mol. The summed E-state index contributed by atoms with van der Waals surface area (Å²) in [6, 6.07) is 16.4. The van der Waals surface area contributed by atoms with E-state index in [1.165, 1.54) is 5.56 Å². The maximum atomic E-state index is 12.5. The monoisotopic (exact) mass is 404 g/mol. The van der Waals surface area contributed by atoms with Crippen molar-refractivity contribution in [1.29, 1.82) is 0 Å². The summed E-state index contributed by atoms with van der Waals surface area (Å²) in [5.74, 6) is 0.471. The van der Waals surface area contributed by atoms with Crippen LogP contribution in [0.3, 0.4) is 0 Å². The number of methoxy groups -OCH3 is 1. The third kappa shape index (κ3) is 7.70. The van der Waals surface area contributed by atoms with Crippen LogP contribution in [-0.2, 0) is 21.2 Å². The Hall–Kier alpha value is -2.38. The van der Waals surface area contributed by atoms with Gasteiger partial charge in [0.15, 0.2) is 0 Å². The van der Waals surface area contributed by atoms with E-state index in [-0.39, 0.29) is 18.4 Å². The van der Waals surface area contributed by atoms with Crippen molar-refractivity contribution >= 4 is 15.9 Å². The zero-order valence-corrected chi connectivity index (χ0v) is 17.3. The van der Waals surface area contributed by atoms with Gasteiger partial charge in [0.1, 0.15) is 5.75 Å². The van der Waals surface area contributed by atoms with Crippen molar-refractivity contribution < 1.29 is 17.9 Å². The van der Waals surface area contributed by atoms with Gasteiger partial charge in [-0.05, 0) is 43.0 Å². The smallest absolute Gasteiger partial charge is 0.222 e. The SMILES string of the molecule is COc1ccc([C@@H](CC(=O)N[C@@H](C)CCc2ccccc2)NS(C)(=O)=O)cc1. The minimum absolute atomic E-state index is 0.0116. The van der Waals surface area contributed by atoms with Gasteiger partial charge in [-0.25, -0.2) is 13.1 Å². The molecule has 2 atom stereocenters. The molecule has 0 aliphatic carbocycles. The van der Waals surface area contributed by atoms with Gasteiger partial charge in [0, 0.05) is 12.5 Å². The molecule has 2 N–H and O–H groups in total. The van der Waals surface area contributed by atoms with E-state index in [1.807, 2.05) is 25.1 Å². The standard InChI is InChI=1S/C21H28N2O4S/c1-16(9-10-17-7-5-4-6-8-17)22-21(24)15-20(23-28(3,25)26)18-11-13-19(27-2)14-12-18/h4-8,11-14,16,20,23H,9-10,15H2,1-3H3,(H,22,24)/t16-,20+/m0/s1. The number of hydrogen-bond donors (Lipinski definition) is 2. The third-order valence-corrected chi connectivity index (χ3v) is 5.09. The number of carbonyl (C=O) groups excluding carboxylic acids is 1. The number of aryl methyl sites for hydroxylation is 1. The van der Waals surface area contributed by atoms with Gasteiger partial charge < -0.3 is 10.1 Å². The quantitative estimate of drug-likeness (QED) is 0.638. The van der Waals surface area contributed by atoms with Crippen molar-refractivity contribution in [3.63, 3.8) is 0 Å². The number of amides is 1. The Kier molecular flexibility index (Phi) is 8.02. The fourth-order valence-corrected chi connectivity index (χ4v) is 3.68. The summed E-state index contributed by atoms with van der Waals surface area (Å²) in [5, 5.41) is 2.96. The lowest BCUT2D eigenvalue weighted by Gasteiger charge is -2.20. The zero-order valence-electron chi connectivity index (χ0n) is 16.5. The van der Waals surface area contributed by atoms with E-state index in [9.17, 15) is 13.2 Å². The molecule has 0 bridgehead atoms. The highest BCUT2D eigenvalue weighted by Gasteiger charge is 2.20. The van der Waals surface area contributed by atoms with E-state index in [0.29, 0.717) is 11.3 Å². The average Bonchev–Trinajstić information content (AvgIpc) is 2.65. The van der Waals surface area contributed by atoms with Gasteiger partial charge in [0.2, 0.25) is 15.9 Å². The molecule has 2 rings (SSSR count). The predicted molar refractivity (Wildman–Crippen MR) is 111 cm³/mol. The normalized spacial score (nSPS) is 13.5. The molecule has 152 valence electrons. The number of ether oxygens (including phenoxy) is 1. The first kappa shape index (κ1) is 21.9. The first-order valence-corrected chi connectivity index (χ1v) is 11.1. The minimum Gasteiger partial charge on any atom is -0.497 e. The number of nitrogens with one attached hydrogen (secondary N) is 2. The number of benzene rings is 2. The minimum atomic E-state index is -3.47. The van der Waals surface area contributed by atoms with Gasteiger partial charge in [-0.2, -0.15) is 0 Å². The molecular weight excluding hydrogens is 376 g/mol. The molecular formula is C21H28N2O4S. The lowest BCUT2D eigenvalue weighted by Crippen LogP contribution is -2.37. The van der Waals surface area contributed by atoms with Crippen LogP contribution in [0, 0.1) is 0 Å². The number of hydrogen-bond acceptors (Lipinski definition) is 4. The molecule has 0 aliphatic heterocycles. The number of carbonyl (C=O) groups is 1. The van der Waals surface area contributed by atoms with E-state index in [4.69, 9.17) is 4.74 Å². The van der Waals surface area contributed by atoms with Crippen LogP contribution in [0.1, 0.15) is 36.9 Å². The van der Waals surface area contributed by atoms with Gasteiger partial charge in [0.25, 0.3) is 0 Å². The molecule has 7 heteroatoms. The summed E-state index contributed by atoms with van der Waals surface area (Å²) in [7, 11) is -1.91. The summed E-state index contributed by atoms with van der Waals surface area (Å²) in [6.45, 7) is 1.95. The Morgan fingerprint density at radius 2 is 1.71 bits per heavy atom. The van der Waals surface area contributed by atoms with Gasteiger partial charge in [-0.3, -0.25) is 4.79 Å². The molecule has 2 aromatic rings. The summed E-state index contributed by atoms with van der Waals surface area (Å²) in [4.78, 5) is 12.5. The summed E-state index contributed by atoms with van der Waals surface area (Å²) in [5.41, 5.74) is 1.93. The largest absolute Gasteiger partial charge is 0.497 e. The molecule has 0 fully saturated rings. The molecule has 0 saturated heterocycles. The van der Waals surface area contributed by atoms with Crippen LogP contribution in [0.25, 0.3) is 0 Å². The second-order valence-corrected chi connectivity index (χ2v) is 8.69. The maximum Gasteiger partial charge on any atom is 0.222 e. The van der Waals surface area contributed by atoms with E-state index < -0.39 is 16.1 Å².